The van der Waals surface area contributed by atoms with E-state index in [0.29, 0.717) is 24.9 Å². The molecule has 0 amide bonds. The molecular weight excluding hydrogens is 262 g/mol. The second kappa shape index (κ2) is 7.39. The third-order valence-electron chi connectivity index (χ3n) is 4.31. The normalized spacial score (nSPS) is 27.6. The van der Waals surface area contributed by atoms with Crippen LogP contribution in [0, 0.1) is 13.8 Å². The Morgan fingerprint density at radius 3 is 2.52 bits per heavy atom. The first-order valence-corrected chi connectivity index (χ1v) is 8.01. The second-order valence-corrected chi connectivity index (χ2v) is 6.39. The number of likely N-dealkylation sites (N-methyl/N-ethyl adjacent to an activating group) is 1. The highest BCUT2D eigenvalue weighted by molar-refractivity contribution is 5.33. The van der Waals surface area contributed by atoms with E-state index in [2.05, 4.69) is 51.2 Å². The summed E-state index contributed by atoms with van der Waals surface area (Å²) in [6, 6.07) is 6.86. The van der Waals surface area contributed by atoms with Crippen LogP contribution in [0.1, 0.15) is 49.4 Å². The quantitative estimate of drug-likeness (QED) is 0.900. The van der Waals surface area contributed by atoms with Gasteiger partial charge in [-0.25, -0.2) is 0 Å². The molecule has 1 aliphatic rings. The third-order valence-corrected chi connectivity index (χ3v) is 4.31. The first-order chi connectivity index (χ1) is 9.99. The number of aryl methyl sites for hydroxylation is 2. The minimum atomic E-state index is 0.248. The third kappa shape index (κ3) is 4.53. The highest BCUT2D eigenvalue weighted by atomic mass is 16.5. The van der Waals surface area contributed by atoms with Crippen molar-refractivity contribution in [3.05, 3.63) is 34.9 Å². The molecule has 3 atom stereocenters. The van der Waals surface area contributed by atoms with Crippen molar-refractivity contribution < 1.29 is 9.47 Å². The summed E-state index contributed by atoms with van der Waals surface area (Å²) < 4.78 is 12.0. The van der Waals surface area contributed by atoms with Crippen molar-refractivity contribution in [2.45, 2.75) is 64.9 Å². The van der Waals surface area contributed by atoms with Crippen LogP contribution in [0.15, 0.2) is 18.2 Å². The molecule has 3 heteroatoms. The Hall–Kier alpha value is -0.900. The summed E-state index contributed by atoms with van der Waals surface area (Å²) >= 11 is 0. The standard InChI is InChI=1S/C18H29NO2/c1-12-6-7-13(2)17(8-12)18(19-5)11-20-16-9-14(3)21-15(4)10-16/h6-8,14-16,18-19H,9-11H2,1-5H3. The van der Waals surface area contributed by atoms with E-state index in [0.717, 1.165) is 12.8 Å². The molecule has 1 fully saturated rings. The molecule has 3 nitrogen and oxygen atoms in total. The lowest BCUT2D eigenvalue weighted by molar-refractivity contribution is -0.104. The topological polar surface area (TPSA) is 30.5 Å². The lowest BCUT2D eigenvalue weighted by Crippen LogP contribution is -2.36. The SMILES string of the molecule is CNC(COC1CC(C)OC(C)C1)c1cc(C)ccc1C. The summed E-state index contributed by atoms with van der Waals surface area (Å²) in [5, 5.41) is 3.39. The highest BCUT2D eigenvalue weighted by Gasteiger charge is 2.26. The Morgan fingerprint density at radius 2 is 1.90 bits per heavy atom. The largest absolute Gasteiger partial charge is 0.376 e. The highest BCUT2D eigenvalue weighted by Crippen LogP contribution is 2.24. The predicted molar refractivity (Wildman–Crippen MR) is 86.7 cm³/mol. The van der Waals surface area contributed by atoms with Crippen LogP contribution in [-0.4, -0.2) is 32.0 Å². The van der Waals surface area contributed by atoms with E-state index in [1.807, 2.05) is 7.05 Å². The van der Waals surface area contributed by atoms with Crippen molar-refractivity contribution in [2.75, 3.05) is 13.7 Å². The van der Waals surface area contributed by atoms with Crippen LogP contribution in [0.2, 0.25) is 0 Å². The van der Waals surface area contributed by atoms with Crippen molar-refractivity contribution >= 4 is 0 Å². The van der Waals surface area contributed by atoms with E-state index in [1.165, 1.54) is 16.7 Å². The van der Waals surface area contributed by atoms with Gasteiger partial charge in [0.2, 0.25) is 0 Å². The summed E-state index contributed by atoms with van der Waals surface area (Å²) in [7, 11) is 2.00. The van der Waals surface area contributed by atoms with Gasteiger partial charge in [0.15, 0.2) is 0 Å². The fraction of sp³-hybridized carbons (Fsp3) is 0.667. The van der Waals surface area contributed by atoms with Crippen LogP contribution in [0.25, 0.3) is 0 Å². The fourth-order valence-electron chi connectivity index (χ4n) is 3.18. The smallest absolute Gasteiger partial charge is 0.0665 e. The molecule has 1 saturated heterocycles. The Morgan fingerprint density at radius 1 is 1.24 bits per heavy atom. The molecular formula is C18H29NO2. The van der Waals surface area contributed by atoms with Gasteiger partial charge in [0.05, 0.1) is 31.0 Å². The van der Waals surface area contributed by atoms with Crippen LogP contribution in [-0.2, 0) is 9.47 Å². The van der Waals surface area contributed by atoms with Gasteiger partial charge in [-0.15, -0.1) is 0 Å². The minimum absolute atomic E-state index is 0.248. The molecule has 1 aromatic carbocycles. The first kappa shape index (κ1) is 16.5. The number of rotatable bonds is 5. The van der Waals surface area contributed by atoms with Crippen molar-refractivity contribution in [2.24, 2.45) is 0 Å². The molecule has 118 valence electrons. The molecule has 0 aromatic heterocycles. The zero-order chi connectivity index (χ0) is 15.4. The van der Waals surface area contributed by atoms with Crippen molar-refractivity contribution in [3.8, 4) is 0 Å². The van der Waals surface area contributed by atoms with E-state index in [1.54, 1.807) is 0 Å². The van der Waals surface area contributed by atoms with Crippen molar-refractivity contribution in [1.29, 1.82) is 0 Å². The molecule has 0 radical (unpaired) electrons. The van der Waals surface area contributed by atoms with Gasteiger partial charge in [-0.1, -0.05) is 23.8 Å². The zero-order valence-corrected chi connectivity index (χ0v) is 14.0. The van der Waals surface area contributed by atoms with Gasteiger partial charge >= 0.3 is 0 Å². The van der Waals surface area contributed by atoms with Gasteiger partial charge in [0.25, 0.3) is 0 Å². The molecule has 1 heterocycles. The summed E-state index contributed by atoms with van der Waals surface area (Å²) in [6.07, 6.45) is 2.89. The van der Waals surface area contributed by atoms with Gasteiger partial charge in [0.1, 0.15) is 0 Å². The molecule has 1 N–H and O–H groups in total. The van der Waals surface area contributed by atoms with E-state index < -0.39 is 0 Å². The number of hydrogen-bond donors (Lipinski definition) is 1. The van der Waals surface area contributed by atoms with E-state index in [-0.39, 0.29) is 6.04 Å². The van der Waals surface area contributed by atoms with Crippen LogP contribution < -0.4 is 5.32 Å². The minimum Gasteiger partial charge on any atom is -0.376 e. The number of benzene rings is 1. The van der Waals surface area contributed by atoms with E-state index in [9.17, 15) is 0 Å². The number of hydrogen-bond acceptors (Lipinski definition) is 3. The van der Waals surface area contributed by atoms with Crippen LogP contribution in [0.4, 0.5) is 0 Å². The molecule has 21 heavy (non-hydrogen) atoms. The number of ether oxygens (including phenoxy) is 2. The monoisotopic (exact) mass is 291 g/mol. The van der Waals surface area contributed by atoms with Gasteiger partial charge < -0.3 is 14.8 Å². The Kier molecular flexibility index (Phi) is 5.80. The Bertz CT molecular complexity index is 451. The summed E-state index contributed by atoms with van der Waals surface area (Å²) in [5.41, 5.74) is 3.95. The maximum atomic E-state index is 6.18. The first-order valence-electron chi connectivity index (χ1n) is 8.01. The number of nitrogens with one attached hydrogen (secondary N) is 1. The Labute approximate surface area is 129 Å². The summed E-state index contributed by atoms with van der Waals surface area (Å²) in [4.78, 5) is 0. The molecule has 1 aliphatic heterocycles. The average Bonchev–Trinajstić information content (AvgIpc) is 2.42. The summed E-state index contributed by atoms with van der Waals surface area (Å²) in [5.74, 6) is 0. The zero-order valence-electron chi connectivity index (χ0n) is 14.0. The molecule has 1 aromatic rings. The van der Waals surface area contributed by atoms with Crippen LogP contribution >= 0.6 is 0 Å². The molecule has 0 bridgehead atoms. The van der Waals surface area contributed by atoms with Gasteiger partial charge in [-0.05, 0) is 58.7 Å². The van der Waals surface area contributed by atoms with Gasteiger partial charge in [-0.3, -0.25) is 0 Å². The van der Waals surface area contributed by atoms with Crippen molar-refractivity contribution in [3.63, 3.8) is 0 Å². The lowest BCUT2D eigenvalue weighted by atomic mass is 9.99. The Balaban J connectivity index is 1.98. The predicted octanol–water partition coefficient (Wildman–Crippen LogP) is 3.54. The molecule has 0 aliphatic carbocycles. The van der Waals surface area contributed by atoms with E-state index >= 15 is 0 Å². The van der Waals surface area contributed by atoms with Gasteiger partial charge in [0, 0.05) is 0 Å². The van der Waals surface area contributed by atoms with Crippen molar-refractivity contribution in [1.82, 2.24) is 5.32 Å². The summed E-state index contributed by atoms with van der Waals surface area (Å²) in [6.45, 7) is 9.28. The molecule has 0 spiro atoms. The van der Waals surface area contributed by atoms with Crippen LogP contribution in [0.5, 0.6) is 0 Å². The molecule has 0 saturated carbocycles. The lowest BCUT2D eigenvalue weighted by Gasteiger charge is -2.33. The molecule has 2 rings (SSSR count). The van der Waals surface area contributed by atoms with Gasteiger partial charge in [-0.2, -0.15) is 0 Å². The molecule has 3 unspecified atom stereocenters. The maximum Gasteiger partial charge on any atom is 0.0665 e. The maximum absolute atomic E-state index is 6.18. The fourth-order valence-corrected chi connectivity index (χ4v) is 3.18. The van der Waals surface area contributed by atoms with E-state index in [4.69, 9.17) is 9.47 Å². The van der Waals surface area contributed by atoms with Crippen LogP contribution in [0.3, 0.4) is 0 Å². The average molecular weight is 291 g/mol. The second-order valence-electron chi connectivity index (χ2n) is 6.39.